The molecule has 240 valence electrons. The first-order valence-corrected chi connectivity index (χ1v) is 12.6. The largest absolute Gasteiger partial charge is 4.00 e. The van der Waals surface area contributed by atoms with E-state index in [1.807, 2.05) is 0 Å². The molecule has 4 rings (SSSR count). The molecule has 14 heteroatoms. The second kappa shape index (κ2) is 23.8. The van der Waals surface area contributed by atoms with Gasteiger partial charge in [-0.15, -0.1) is 0 Å². The van der Waals surface area contributed by atoms with Gasteiger partial charge in [-0.3, -0.25) is 0 Å². The van der Waals surface area contributed by atoms with Gasteiger partial charge in [0, 0.05) is 0 Å². The topological polar surface area (TPSA) is 276 Å². The fraction of sp³-hybridized carbons (Fsp3) is 0.125. The van der Waals surface area contributed by atoms with Crippen molar-refractivity contribution in [1.29, 1.82) is 0 Å². The number of carbonyl (C=O) groups excluding carboxylic acids is 4. The van der Waals surface area contributed by atoms with E-state index in [-0.39, 0.29) is 32.4 Å². The van der Waals surface area contributed by atoms with Crippen LogP contribution in [0.25, 0.3) is 0 Å². The number of hydrogen-bond donors (Lipinski definition) is 5. The summed E-state index contributed by atoms with van der Waals surface area (Å²) in [5.41, 5.74) is 1.36. The van der Waals surface area contributed by atoms with Crippen molar-refractivity contribution in [2.45, 2.75) is 24.4 Å². The number of aliphatic carboxylic acids is 4. The molecule has 0 radical (unpaired) electrons. The Balaban J connectivity index is 0. The zero-order chi connectivity index (χ0) is 33.1. The minimum atomic E-state index is -1.52. The first-order valence-electron chi connectivity index (χ1n) is 12.6. The fourth-order valence-corrected chi connectivity index (χ4v) is 3.09. The third-order valence-corrected chi connectivity index (χ3v) is 5.35. The smallest absolute Gasteiger partial charge is 0.547 e. The van der Waals surface area contributed by atoms with E-state index in [1.54, 1.807) is 72.8 Å². The average Bonchev–Trinajstić information content (AvgIpc) is 3.05. The van der Waals surface area contributed by atoms with E-state index in [4.69, 9.17) is 20.4 Å². The first kappa shape index (κ1) is 43.6. The molecule has 46 heavy (non-hydrogen) atoms. The number of aliphatic hydroxyl groups excluding tert-OH is 4. The Hall–Kier alpha value is -4.56. The van der Waals surface area contributed by atoms with E-state index in [2.05, 4.69) is 0 Å². The van der Waals surface area contributed by atoms with Crippen molar-refractivity contribution in [2.24, 2.45) is 0 Å². The molecule has 4 atom stereocenters. The fourth-order valence-electron chi connectivity index (χ4n) is 3.09. The van der Waals surface area contributed by atoms with Gasteiger partial charge >= 0.3 is 26.2 Å². The molecular formula is C32H31NO12Zr. The average molecular weight is 713 g/mol. The summed E-state index contributed by atoms with van der Waals surface area (Å²) in [5, 5.41) is 76.3. The van der Waals surface area contributed by atoms with Gasteiger partial charge in [0.25, 0.3) is 0 Å². The van der Waals surface area contributed by atoms with Gasteiger partial charge in [-0.1, -0.05) is 121 Å². The van der Waals surface area contributed by atoms with Crippen LogP contribution in [-0.4, -0.2) is 44.3 Å². The van der Waals surface area contributed by atoms with Crippen molar-refractivity contribution in [3.8, 4) is 0 Å². The van der Waals surface area contributed by atoms with E-state index in [0.29, 0.717) is 22.3 Å². The monoisotopic (exact) mass is 711 g/mol. The van der Waals surface area contributed by atoms with Crippen molar-refractivity contribution in [2.75, 3.05) is 0 Å². The maximum absolute atomic E-state index is 10.1. The second-order valence-electron chi connectivity index (χ2n) is 8.53. The molecular weight excluding hydrogens is 682 g/mol. The molecule has 0 fully saturated rings. The quantitative estimate of drug-likeness (QED) is 0.133. The predicted molar refractivity (Wildman–Crippen MR) is 151 cm³/mol. The van der Waals surface area contributed by atoms with Crippen LogP contribution in [0.3, 0.4) is 0 Å². The summed E-state index contributed by atoms with van der Waals surface area (Å²) in [6.45, 7) is 0. The van der Waals surface area contributed by atoms with Crippen LogP contribution >= 0.6 is 0 Å². The van der Waals surface area contributed by atoms with E-state index in [0.717, 1.165) is 0 Å². The summed E-state index contributed by atoms with van der Waals surface area (Å²) in [7, 11) is 0. The molecule has 0 saturated carbocycles. The zero-order valence-electron chi connectivity index (χ0n) is 24.1. The molecule has 0 heterocycles. The molecule has 0 bridgehead atoms. The number of hydrogen-bond acceptors (Lipinski definition) is 13. The Morgan fingerprint density at radius 3 is 0.609 bits per heavy atom. The SMILES string of the molecule is N.O=C([O-])C(O)c1ccccc1.O=C([O-])C(O)c1ccccc1.O=C([O-])C(O)c1ccccc1.O=C([O-])C(O)c1ccccc1.[Zr+4]. The van der Waals surface area contributed by atoms with Crippen LogP contribution in [0.4, 0.5) is 0 Å². The van der Waals surface area contributed by atoms with Gasteiger partial charge in [-0.2, -0.15) is 0 Å². The maximum Gasteiger partial charge on any atom is 4.00 e. The van der Waals surface area contributed by atoms with Crippen LogP contribution in [0, 0.1) is 0 Å². The Labute approximate surface area is 283 Å². The van der Waals surface area contributed by atoms with Crippen molar-refractivity contribution >= 4 is 23.9 Å². The van der Waals surface area contributed by atoms with Crippen molar-refractivity contribution < 1.29 is 86.2 Å². The Morgan fingerprint density at radius 1 is 0.370 bits per heavy atom. The molecule has 0 aliphatic carbocycles. The number of carbonyl (C=O) groups is 4. The summed E-state index contributed by atoms with van der Waals surface area (Å²) < 4.78 is 0. The number of aliphatic hydroxyl groups is 4. The Bertz CT molecular complexity index is 1210. The molecule has 0 spiro atoms. The Kier molecular flexibility index (Phi) is 22.5. The third kappa shape index (κ3) is 16.5. The molecule has 0 aromatic heterocycles. The molecule has 4 unspecified atom stereocenters. The van der Waals surface area contributed by atoms with E-state index < -0.39 is 48.3 Å². The van der Waals surface area contributed by atoms with Gasteiger partial charge in [0.15, 0.2) is 0 Å². The van der Waals surface area contributed by atoms with Gasteiger partial charge in [0.05, 0.1) is 23.9 Å². The Morgan fingerprint density at radius 2 is 0.500 bits per heavy atom. The number of carboxylic acid groups (broad SMARTS) is 4. The van der Waals surface area contributed by atoms with Crippen LogP contribution in [-0.2, 0) is 45.4 Å². The van der Waals surface area contributed by atoms with Crippen molar-refractivity contribution in [3.05, 3.63) is 144 Å². The normalized spacial score (nSPS) is 11.9. The summed E-state index contributed by atoms with van der Waals surface area (Å²) in [6.07, 6.45) is -6.07. The molecule has 7 N–H and O–H groups in total. The van der Waals surface area contributed by atoms with Crippen LogP contribution in [0.15, 0.2) is 121 Å². The molecule has 0 aliphatic rings. The van der Waals surface area contributed by atoms with Crippen LogP contribution in [0.5, 0.6) is 0 Å². The molecule has 13 nitrogen and oxygen atoms in total. The minimum Gasteiger partial charge on any atom is -0.547 e. The van der Waals surface area contributed by atoms with Crippen molar-refractivity contribution in [1.82, 2.24) is 6.15 Å². The standard InChI is InChI=1S/4C8H8O3.H3N.Zr/c4*9-7(8(10)11)6-4-2-1-3-5-6;;/h4*1-5,7,9H,(H,10,11);1H3;/q;;;;;+4/p-4. The van der Waals surface area contributed by atoms with Gasteiger partial charge in [0.2, 0.25) is 0 Å². The summed E-state index contributed by atoms with van der Waals surface area (Å²) in [4.78, 5) is 40.6. The van der Waals surface area contributed by atoms with E-state index >= 15 is 0 Å². The molecule has 0 aliphatic heterocycles. The van der Waals surface area contributed by atoms with E-state index in [9.17, 15) is 39.6 Å². The van der Waals surface area contributed by atoms with Crippen LogP contribution < -0.4 is 26.6 Å². The minimum absolute atomic E-state index is 0. The molecule has 4 aromatic carbocycles. The first-order chi connectivity index (χ1) is 20.9. The maximum atomic E-state index is 10.1. The summed E-state index contributed by atoms with van der Waals surface area (Å²) in [5.74, 6) is -5.90. The predicted octanol–water partition coefficient (Wildman–Crippen LogP) is -1.96. The zero-order valence-corrected chi connectivity index (χ0v) is 26.6. The molecule has 4 aromatic rings. The number of benzene rings is 4. The summed E-state index contributed by atoms with van der Waals surface area (Å²) in [6, 6.07) is 32.4. The second-order valence-corrected chi connectivity index (χ2v) is 8.53. The van der Waals surface area contributed by atoms with Gasteiger partial charge in [0.1, 0.15) is 24.4 Å². The summed E-state index contributed by atoms with van der Waals surface area (Å²) >= 11 is 0. The van der Waals surface area contributed by atoms with Crippen LogP contribution in [0.1, 0.15) is 46.7 Å². The molecule has 0 saturated heterocycles. The van der Waals surface area contributed by atoms with Gasteiger partial charge < -0.3 is 66.2 Å². The third-order valence-electron chi connectivity index (χ3n) is 5.35. The van der Waals surface area contributed by atoms with Crippen molar-refractivity contribution in [3.63, 3.8) is 0 Å². The van der Waals surface area contributed by atoms with Gasteiger partial charge in [-0.05, 0) is 22.3 Å². The van der Waals surface area contributed by atoms with E-state index in [1.165, 1.54) is 48.5 Å². The van der Waals surface area contributed by atoms with Gasteiger partial charge in [-0.25, -0.2) is 0 Å². The molecule has 0 amide bonds. The number of rotatable bonds is 8. The van der Waals surface area contributed by atoms with Crippen LogP contribution in [0.2, 0.25) is 0 Å². The number of carboxylic acids is 4.